The van der Waals surface area contributed by atoms with Crippen molar-refractivity contribution in [2.45, 2.75) is 38.0 Å². The van der Waals surface area contributed by atoms with Crippen molar-refractivity contribution in [1.82, 2.24) is 25.5 Å². The van der Waals surface area contributed by atoms with E-state index in [0.29, 0.717) is 24.0 Å². The van der Waals surface area contributed by atoms with Gasteiger partial charge in [0.2, 0.25) is 11.1 Å². The van der Waals surface area contributed by atoms with E-state index in [1.807, 2.05) is 13.8 Å². The average Bonchev–Trinajstić information content (AvgIpc) is 2.74. The number of nitrogens with one attached hydrogen (secondary N) is 1. The fourth-order valence-corrected chi connectivity index (χ4v) is 1.83. The lowest BCUT2D eigenvalue weighted by atomic mass is 10.3. The van der Waals surface area contributed by atoms with E-state index in [0.717, 1.165) is 6.42 Å². The number of nitrogens with two attached hydrogens (primary N) is 1. The molecule has 0 radical (unpaired) electrons. The normalized spacial score (nSPS) is 12.4. The van der Waals surface area contributed by atoms with Crippen LogP contribution in [0.15, 0.2) is 5.16 Å². The Morgan fingerprint density at radius 3 is 3.06 bits per heavy atom. The van der Waals surface area contributed by atoms with Gasteiger partial charge in [0.15, 0.2) is 0 Å². The molecular weight excluding hydrogens is 240 g/mol. The largest absolute Gasteiger partial charge is 0.353 e. The first-order valence-electron chi connectivity index (χ1n) is 5.55. The molecule has 0 saturated heterocycles. The second-order valence-corrected chi connectivity index (χ2v) is 4.58. The van der Waals surface area contributed by atoms with Crippen molar-refractivity contribution in [1.29, 1.82) is 0 Å². The van der Waals surface area contributed by atoms with Gasteiger partial charge in [0.1, 0.15) is 0 Å². The van der Waals surface area contributed by atoms with Crippen LogP contribution < -0.4 is 11.1 Å². The van der Waals surface area contributed by atoms with E-state index >= 15 is 0 Å². The topological polar surface area (TPSA) is 98.7 Å². The quantitative estimate of drug-likeness (QED) is 0.648. The number of rotatable bonds is 7. The van der Waals surface area contributed by atoms with Crippen molar-refractivity contribution in [2.75, 3.05) is 12.3 Å². The summed E-state index contributed by atoms with van der Waals surface area (Å²) in [5.41, 5.74) is 5.42. The third kappa shape index (κ3) is 4.70. The number of carbonyl (C=O) groups excluding carboxylic acids is 1. The van der Waals surface area contributed by atoms with Crippen LogP contribution >= 0.6 is 11.8 Å². The second kappa shape index (κ2) is 7.23. The molecule has 0 spiro atoms. The molecule has 0 bridgehead atoms. The zero-order valence-corrected chi connectivity index (χ0v) is 10.9. The molecule has 3 N–H and O–H groups in total. The molecule has 0 saturated carbocycles. The van der Waals surface area contributed by atoms with Gasteiger partial charge >= 0.3 is 0 Å². The maximum atomic E-state index is 11.5. The molecule has 1 amide bonds. The second-order valence-electron chi connectivity index (χ2n) is 3.64. The number of thioether (sulfide) groups is 1. The zero-order valence-electron chi connectivity index (χ0n) is 10.1. The van der Waals surface area contributed by atoms with Gasteiger partial charge in [0.05, 0.1) is 12.3 Å². The SMILES string of the molecule is CCC(C)NC(=O)CSc1nnnn1CCN. The van der Waals surface area contributed by atoms with Crippen LogP contribution in [-0.4, -0.2) is 44.5 Å². The van der Waals surface area contributed by atoms with Crippen LogP contribution in [0.1, 0.15) is 20.3 Å². The molecule has 1 heterocycles. The van der Waals surface area contributed by atoms with E-state index in [-0.39, 0.29) is 11.9 Å². The van der Waals surface area contributed by atoms with Crippen LogP contribution in [-0.2, 0) is 11.3 Å². The van der Waals surface area contributed by atoms with Gasteiger partial charge in [0, 0.05) is 12.6 Å². The molecule has 0 aromatic carbocycles. The maximum absolute atomic E-state index is 11.5. The summed E-state index contributed by atoms with van der Waals surface area (Å²) in [5, 5.41) is 14.7. The number of nitrogens with zero attached hydrogens (tertiary/aromatic N) is 4. The molecule has 1 aromatic rings. The number of tetrazole rings is 1. The van der Waals surface area contributed by atoms with Crippen molar-refractivity contribution in [3.05, 3.63) is 0 Å². The van der Waals surface area contributed by atoms with Gasteiger partial charge in [-0.3, -0.25) is 4.79 Å². The third-order valence-corrected chi connectivity index (χ3v) is 3.15. The van der Waals surface area contributed by atoms with E-state index in [1.165, 1.54) is 11.8 Å². The molecule has 1 aromatic heterocycles. The molecule has 1 rings (SSSR count). The minimum absolute atomic E-state index is 0.00773. The molecule has 96 valence electrons. The summed E-state index contributed by atoms with van der Waals surface area (Å²) in [6, 6.07) is 0.197. The Labute approximate surface area is 105 Å². The number of hydrogen-bond donors (Lipinski definition) is 2. The minimum atomic E-state index is -0.00773. The standard InChI is InChI=1S/C9H18N6OS/c1-3-7(2)11-8(16)6-17-9-12-13-14-15(9)5-4-10/h7H,3-6,10H2,1-2H3,(H,11,16). The fourth-order valence-electron chi connectivity index (χ4n) is 1.11. The molecule has 0 fully saturated rings. The number of carbonyl (C=O) groups is 1. The first kappa shape index (κ1) is 13.9. The third-order valence-electron chi connectivity index (χ3n) is 2.19. The van der Waals surface area contributed by atoms with Gasteiger partial charge in [-0.05, 0) is 23.8 Å². The Bertz CT molecular complexity index is 355. The van der Waals surface area contributed by atoms with E-state index in [4.69, 9.17) is 5.73 Å². The van der Waals surface area contributed by atoms with E-state index < -0.39 is 0 Å². The summed E-state index contributed by atoms with van der Waals surface area (Å²) < 4.78 is 1.60. The van der Waals surface area contributed by atoms with Crippen LogP contribution in [0.3, 0.4) is 0 Å². The Morgan fingerprint density at radius 2 is 2.41 bits per heavy atom. The Morgan fingerprint density at radius 1 is 1.65 bits per heavy atom. The fraction of sp³-hybridized carbons (Fsp3) is 0.778. The maximum Gasteiger partial charge on any atom is 0.230 e. The Hall–Kier alpha value is -1.15. The number of hydrogen-bond acceptors (Lipinski definition) is 6. The highest BCUT2D eigenvalue weighted by Crippen LogP contribution is 2.12. The first-order chi connectivity index (χ1) is 8.17. The molecule has 1 unspecified atom stereocenters. The summed E-state index contributed by atoms with van der Waals surface area (Å²) in [6.45, 7) is 5.03. The highest BCUT2D eigenvalue weighted by atomic mass is 32.2. The lowest BCUT2D eigenvalue weighted by Crippen LogP contribution is -2.33. The van der Waals surface area contributed by atoms with Crippen molar-refractivity contribution < 1.29 is 4.79 Å². The summed E-state index contributed by atoms with van der Waals surface area (Å²) >= 11 is 1.31. The molecule has 0 aliphatic rings. The summed E-state index contributed by atoms with van der Waals surface area (Å²) in [5.74, 6) is 0.307. The molecular formula is C9H18N6OS. The van der Waals surface area contributed by atoms with Crippen LogP contribution in [0.5, 0.6) is 0 Å². The van der Waals surface area contributed by atoms with E-state index in [2.05, 4.69) is 20.8 Å². The van der Waals surface area contributed by atoms with Crippen molar-refractivity contribution in [3.8, 4) is 0 Å². The van der Waals surface area contributed by atoms with E-state index in [1.54, 1.807) is 4.68 Å². The molecule has 8 heteroatoms. The van der Waals surface area contributed by atoms with E-state index in [9.17, 15) is 4.79 Å². The van der Waals surface area contributed by atoms with Crippen molar-refractivity contribution >= 4 is 17.7 Å². The average molecular weight is 258 g/mol. The summed E-state index contributed by atoms with van der Waals surface area (Å²) in [6.07, 6.45) is 0.918. The monoisotopic (exact) mass is 258 g/mol. The number of amides is 1. The Kier molecular flexibility index (Phi) is 5.92. The highest BCUT2D eigenvalue weighted by molar-refractivity contribution is 7.99. The van der Waals surface area contributed by atoms with Gasteiger partial charge in [-0.2, -0.15) is 0 Å². The van der Waals surface area contributed by atoms with Crippen molar-refractivity contribution in [3.63, 3.8) is 0 Å². The Balaban J connectivity index is 2.39. The molecule has 7 nitrogen and oxygen atoms in total. The predicted molar refractivity (Wildman–Crippen MR) is 65.5 cm³/mol. The van der Waals surface area contributed by atoms with Gasteiger partial charge < -0.3 is 11.1 Å². The summed E-state index contributed by atoms with van der Waals surface area (Å²) in [7, 11) is 0. The zero-order chi connectivity index (χ0) is 12.7. The van der Waals surface area contributed by atoms with Gasteiger partial charge in [-0.1, -0.05) is 18.7 Å². The van der Waals surface area contributed by atoms with Crippen LogP contribution in [0, 0.1) is 0 Å². The van der Waals surface area contributed by atoms with Gasteiger partial charge in [-0.15, -0.1) is 5.10 Å². The highest BCUT2D eigenvalue weighted by Gasteiger charge is 2.10. The smallest absolute Gasteiger partial charge is 0.230 e. The van der Waals surface area contributed by atoms with Gasteiger partial charge in [0.25, 0.3) is 0 Å². The molecule has 0 aliphatic heterocycles. The minimum Gasteiger partial charge on any atom is -0.353 e. The molecule has 0 aliphatic carbocycles. The van der Waals surface area contributed by atoms with Gasteiger partial charge in [-0.25, -0.2) is 4.68 Å². The van der Waals surface area contributed by atoms with Crippen LogP contribution in [0.2, 0.25) is 0 Å². The lowest BCUT2D eigenvalue weighted by molar-refractivity contribution is -0.119. The predicted octanol–water partition coefficient (Wildman–Crippen LogP) is -0.361. The van der Waals surface area contributed by atoms with Crippen molar-refractivity contribution in [2.24, 2.45) is 5.73 Å². The lowest BCUT2D eigenvalue weighted by Gasteiger charge is -2.10. The first-order valence-corrected chi connectivity index (χ1v) is 6.54. The summed E-state index contributed by atoms with van der Waals surface area (Å²) in [4.78, 5) is 11.5. The number of aromatic nitrogens is 4. The molecule has 17 heavy (non-hydrogen) atoms. The molecule has 1 atom stereocenters. The van der Waals surface area contributed by atoms with Crippen LogP contribution in [0.4, 0.5) is 0 Å². The van der Waals surface area contributed by atoms with Crippen LogP contribution in [0.25, 0.3) is 0 Å².